The van der Waals surface area contributed by atoms with Crippen LogP contribution in [0.25, 0.3) is 0 Å². The number of carbonyl (C=O) groups excluding carboxylic acids is 3. The maximum Gasteiger partial charge on any atom is 0.253 e. The molecule has 2 rings (SSSR count). The Morgan fingerprint density at radius 3 is 2.17 bits per heavy atom. The summed E-state index contributed by atoms with van der Waals surface area (Å²) in [5, 5.41) is 8.76. The largest absolute Gasteiger partial charge is 0.354 e. The standard InChI is InChI=1S/C22H26ClN3O3/c1-15(2)21(28)25-13-12-24-20(27)14-19(16-8-4-3-5-9-16)26-22(29)17-10-6-7-11-18(17)23/h3-11,15,19H,12-14H2,1-2H3,(H,24,27)(H,25,28)(H,26,29)/t19-/m1/s1. The van der Waals surface area contributed by atoms with Crippen molar-refractivity contribution in [3.8, 4) is 0 Å². The molecule has 1 atom stereocenters. The number of nitrogens with one attached hydrogen (secondary N) is 3. The van der Waals surface area contributed by atoms with E-state index in [2.05, 4.69) is 16.0 Å². The molecule has 0 aliphatic heterocycles. The van der Waals surface area contributed by atoms with Gasteiger partial charge in [-0.15, -0.1) is 0 Å². The first kappa shape index (κ1) is 22.4. The molecule has 0 fully saturated rings. The molecule has 0 aliphatic carbocycles. The molecule has 3 amide bonds. The predicted molar refractivity (Wildman–Crippen MR) is 114 cm³/mol. The van der Waals surface area contributed by atoms with Gasteiger partial charge in [0.05, 0.1) is 23.0 Å². The van der Waals surface area contributed by atoms with Crippen molar-refractivity contribution < 1.29 is 14.4 Å². The Morgan fingerprint density at radius 1 is 0.897 bits per heavy atom. The van der Waals surface area contributed by atoms with Crippen molar-refractivity contribution in [2.24, 2.45) is 5.92 Å². The first-order valence-corrected chi connectivity index (χ1v) is 9.91. The van der Waals surface area contributed by atoms with Gasteiger partial charge in [-0.1, -0.05) is 67.9 Å². The van der Waals surface area contributed by atoms with Gasteiger partial charge in [0.15, 0.2) is 0 Å². The van der Waals surface area contributed by atoms with Crippen molar-refractivity contribution in [2.45, 2.75) is 26.3 Å². The summed E-state index contributed by atoms with van der Waals surface area (Å²) in [5.74, 6) is -0.736. The topological polar surface area (TPSA) is 87.3 Å². The van der Waals surface area contributed by atoms with E-state index in [-0.39, 0.29) is 30.1 Å². The summed E-state index contributed by atoms with van der Waals surface area (Å²) >= 11 is 6.11. The normalized spacial score (nSPS) is 11.6. The first-order valence-electron chi connectivity index (χ1n) is 9.53. The average molecular weight is 416 g/mol. The molecular formula is C22H26ClN3O3. The van der Waals surface area contributed by atoms with Gasteiger partial charge in [0.2, 0.25) is 11.8 Å². The number of halogens is 1. The van der Waals surface area contributed by atoms with Gasteiger partial charge >= 0.3 is 0 Å². The van der Waals surface area contributed by atoms with Gasteiger partial charge in [-0.2, -0.15) is 0 Å². The maximum absolute atomic E-state index is 12.7. The molecule has 0 unspecified atom stereocenters. The molecule has 3 N–H and O–H groups in total. The fraction of sp³-hybridized carbons (Fsp3) is 0.318. The third-order valence-electron chi connectivity index (χ3n) is 4.29. The minimum Gasteiger partial charge on any atom is -0.354 e. The number of carbonyl (C=O) groups is 3. The van der Waals surface area contributed by atoms with Crippen LogP contribution in [0.4, 0.5) is 0 Å². The maximum atomic E-state index is 12.7. The Kier molecular flexibility index (Phi) is 8.68. The molecule has 154 valence electrons. The van der Waals surface area contributed by atoms with Crippen LogP contribution in [0.3, 0.4) is 0 Å². The van der Waals surface area contributed by atoms with Crippen molar-refractivity contribution in [1.29, 1.82) is 0 Å². The van der Waals surface area contributed by atoms with Crippen molar-refractivity contribution >= 4 is 29.3 Å². The SMILES string of the molecule is CC(C)C(=O)NCCNC(=O)C[C@@H](NC(=O)c1ccccc1Cl)c1ccccc1. The first-order chi connectivity index (χ1) is 13.9. The Morgan fingerprint density at radius 2 is 1.52 bits per heavy atom. The lowest BCUT2D eigenvalue weighted by Gasteiger charge is -2.19. The summed E-state index contributed by atoms with van der Waals surface area (Å²) in [6.07, 6.45) is 0.0678. The summed E-state index contributed by atoms with van der Waals surface area (Å²) in [5.41, 5.74) is 1.17. The smallest absolute Gasteiger partial charge is 0.253 e. The highest BCUT2D eigenvalue weighted by Gasteiger charge is 2.20. The minimum atomic E-state index is -0.509. The average Bonchev–Trinajstić information content (AvgIpc) is 2.71. The van der Waals surface area contributed by atoms with Crippen LogP contribution in [0, 0.1) is 5.92 Å². The van der Waals surface area contributed by atoms with E-state index in [0.29, 0.717) is 23.7 Å². The van der Waals surface area contributed by atoms with Gasteiger partial charge < -0.3 is 16.0 Å². The third-order valence-corrected chi connectivity index (χ3v) is 4.62. The molecule has 0 bridgehead atoms. The molecule has 0 heterocycles. The molecule has 2 aromatic rings. The molecule has 0 spiro atoms. The molecular weight excluding hydrogens is 390 g/mol. The van der Waals surface area contributed by atoms with Crippen molar-refractivity contribution in [2.75, 3.05) is 13.1 Å². The highest BCUT2D eigenvalue weighted by atomic mass is 35.5. The van der Waals surface area contributed by atoms with Crippen LogP contribution in [-0.4, -0.2) is 30.8 Å². The van der Waals surface area contributed by atoms with Crippen LogP contribution in [0.2, 0.25) is 5.02 Å². The summed E-state index contributed by atoms with van der Waals surface area (Å²) < 4.78 is 0. The lowest BCUT2D eigenvalue weighted by Crippen LogP contribution is -2.38. The fourth-order valence-electron chi connectivity index (χ4n) is 2.67. The quantitative estimate of drug-likeness (QED) is 0.550. The Labute approximate surface area is 176 Å². The van der Waals surface area contributed by atoms with Gasteiger partial charge in [0.1, 0.15) is 0 Å². The lowest BCUT2D eigenvalue weighted by atomic mass is 10.0. The molecule has 29 heavy (non-hydrogen) atoms. The van der Waals surface area contributed by atoms with Gasteiger partial charge in [0, 0.05) is 19.0 Å². The molecule has 0 aliphatic rings. The van der Waals surface area contributed by atoms with E-state index in [1.165, 1.54) is 0 Å². The summed E-state index contributed by atoms with van der Waals surface area (Å²) in [4.78, 5) is 36.6. The molecule has 0 saturated carbocycles. The molecule has 0 radical (unpaired) electrons. The second-order valence-corrected chi connectivity index (χ2v) is 7.32. The van der Waals surface area contributed by atoms with Crippen LogP contribution in [0.5, 0.6) is 0 Å². The molecule has 0 aromatic heterocycles. The van der Waals surface area contributed by atoms with Crippen molar-refractivity contribution in [3.05, 3.63) is 70.7 Å². The number of amides is 3. The highest BCUT2D eigenvalue weighted by molar-refractivity contribution is 6.33. The van der Waals surface area contributed by atoms with Crippen LogP contribution in [0.1, 0.15) is 42.2 Å². The van der Waals surface area contributed by atoms with Crippen LogP contribution >= 0.6 is 11.6 Å². The third kappa shape index (κ3) is 7.23. The lowest BCUT2D eigenvalue weighted by molar-refractivity contribution is -0.124. The van der Waals surface area contributed by atoms with Gasteiger partial charge in [-0.25, -0.2) is 0 Å². The van der Waals surface area contributed by atoms with E-state index in [1.807, 2.05) is 30.3 Å². The second-order valence-electron chi connectivity index (χ2n) is 6.92. The fourth-order valence-corrected chi connectivity index (χ4v) is 2.89. The highest BCUT2D eigenvalue weighted by Crippen LogP contribution is 2.20. The molecule has 7 heteroatoms. The number of rotatable bonds is 9. The van der Waals surface area contributed by atoms with Crippen molar-refractivity contribution in [3.63, 3.8) is 0 Å². The zero-order chi connectivity index (χ0) is 21.2. The van der Waals surface area contributed by atoms with Crippen LogP contribution < -0.4 is 16.0 Å². The van der Waals surface area contributed by atoms with E-state index < -0.39 is 6.04 Å². The number of benzene rings is 2. The molecule has 6 nitrogen and oxygen atoms in total. The summed E-state index contributed by atoms with van der Waals surface area (Å²) in [7, 11) is 0. The van der Waals surface area contributed by atoms with Gasteiger partial charge in [-0.05, 0) is 17.7 Å². The Bertz CT molecular complexity index is 840. The zero-order valence-electron chi connectivity index (χ0n) is 16.6. The van der Waals surface area contributed by atoms with E-state index in [0.717, 1.165) is 5.56 Å². The molecule has 2 aromatic carbocycles. The van der Waals surface area contributed by atoms with Crippen LogP contribution in [0.15, 0.2) is 54.6 Å². The predicted octanol–water partition coefficient (Wildman–Crippen LogP) is 3.09. The molecule has 0 saturated heterocycles. The zero-order valence-corrected chi connectivity index (χ0v) is 17.3. The van der Waals surface area contributed by atoms with Crippen LogP contribution in [-0.2, 0) is 9.59 Å². The number of hydrogen-bond acceptors (Lipinski definition) is 3. The minimum absolute atomic E-state index is 0.0617. The van der Waals surface area contributed by atoms with Crippen molar-refractivity contribution in [1.82, 2.24) is 16.0 Å². The van der Waals surface area contributed by atoms with E-state index in [9.17, 15) is 14.4 Å². The van der Waals surface area contributed by atoms with E-state index >= 15 is 0 Å². The Hall–Kier alpha value is -2.86. The van der Waals surface area contributed by atoms with E-state index in [1.54, 1.807) is 38.1 Å². The van der Waals surface area contributed by atoms with Gasteiger partial charge in [0.25, 0.3) is 5.91 Å². The Balaban J connectivity index is 1.98. The monoisotopic (exact) mass is 415 g/mol. The summed E-state index contributed by atoms with van der Waals surface area (Å²) in [6.45, 7) is 4.28. The summed E-state index contributed by atoms with van der Waals surface area (Å²) in [6, 6.07) is 15.5. The van der Waals surface area contributed by atoms with Gasteiger partial charge in [-0.3, -0.25) is 14.4 Å². The second kappa shape index (κ2) is 11.2. The number of hydrogen-bond donors (Lipinski definition) is 3. The van der Waals surface area contributed by atoms with E-state index in [4.69, 9.17) is 11.6 Å².